The monoisotopic (exact) mass is 964 g/mol. The van der Waals surface area contributed by atoms with Gasteiger partial charge in [-0.1, -0.05) is 249 Å². The van der Waals surface area contributed by atoms with Crippen molar-refractivity contribution in [2.75, 3.05) is 54.1 Å². The Kier molecular flexibility index (Phi) is 49.7. The van der Waals surface area contributed by atoms with E-state index in [1.807, 2.05) is 21.1 Å². The number of phosphoric ester groups is 1. The third-order valence-corrected chi connectivity index (χ3v) is 13.4. The second-order valence-corrected chi connectivity index (χ2v) is 21.7. The van der Waals surface area contributed by atoms with E-state index in [1.54, 1.807) is 0 Å². The van der Waals surface area contributed by atoms with Crippen molar-refractivity contribution in [1.82, 2.24) is 0 Å². The molecule has 9 heteroatoms. The first-order valence-electron chi connectivity index (χ1n) is 28.4. The van der Waals surface area contributed by atoms with Crippen LogP contribution in [-0.4, -0.2) is 70.7 Å². The normalized spacial score (nSPS) is 13.8. The molecule has 0 bridgehead atoms. The van der Waals surface area contributed by atoms with E-state index in [0.29, 0.717) is 24.1 Å². The highest BCUT2D eigenvalue weighted by molar-refractivity contribution is 7.45. The molecule has 0 aromatic heterocycles. The van der Waals surface area contributed by atoms with Crippen LogP contribution in [0.1, 0.15) is 258 Å². The number of quaternary nitrogens is 1. The van der Waals surface area contributed by atoms with Gasteiger partial charge >= 0.3 is 5.97 Å². The molecule has 0 saturated heterocycles. The number of likely N-dealkylation sites (N-methyl/N-ethyl adjacent to an activating group) is 1. The Bertz CT molecular complexity index is 1210. The largest absolute Gasteiger partial charge is 0.756 e. The second-order valence-electron chi connectivity index (χ2n) is 20.3. The van der Waals surface area contributed by atoms with Crippen LogP contribution in [0.25, 0.3) is 0 Å². The Labute approximate surface area is 416 Å². The molecule has 8 nitrogen and oxygen atoms in total. The van der Waals surface area contributed by atoms with Crippen LogP contribution in [-0.2, 0) is 27.9 Å². The Morgan fingerprint density at radius 2 is 0.866 bits per heavy atom. The lowest BCUT2D eigenvalue weighted by atomic mass is 10.0. The summed E-state index contributed by atoms with van der Waals surface area (Å²) in [5.74, 6) is -0.329. The highest BCUT2D eigenvalue weighted by Gasteiger charge is 2.20. The zero-order chi connectivity index (χ0) is 49.0. The third kappa shape index (κ3) is 55.3. The van der Waals surface area contributed by atoms with Crippen molar-refractivity contribution < 1.29 is 37.3 Å². The maximum Gasteiger partial charge on any atom is 0.306 e. The maximum atomic E-state index is 12.8. The highest BCUT2D eigenvalue weighted by atomic mass is 31.2. The minimum Gasteiger partial charge on any atom is -0.756 e. The molecule has 0 aromatic rings. The summed E-state index contributed by atoms with van der Waals surface area (Å²) in [6, 6.07) is 0. The summed E-state index contributed by atoms with van der Waals surface area (Å²) in [5.41, 5.74) is 0. The Morgan fingerprint density at radius 3 is 1.30 bits per heavy atom. The van der Waals surface area contributed by atoms with E-state index < -0.39 is 13.9 Å². The molecule has 0 fully saturated rings. The fourth-order valence-electron chi connectivity index (χ4n) is 8.07. The fourth-order valence-corrected chi connectivity index (χ4v) is 8.80. The van der Waals surface area contributed by atoms with Crippen LogP contribution in [0, 0.1) is 0 Å². The maximum absolute atomic E-state index is 12.8. The van der Waals surface area contributed by atoms with Crippen molar-refractivity contribution in [3.05, 3.63) is 48.6 Å². The minimum atomic E-state index is -4.53. The zero-order valence-corrected chi connectivity index (χ0v) is 45.7. The average molecular weight is 964 g/mol. The third-order valence-electron chi connectivity index (χ3n) is 12.4. The molecule has 2 unspecified atom stereocenters. The van der Waals surface area contributed by atoms with Gasteiger partial charge in [0.1, 0.15) is 19.3 Å². The van der Waals surface area contributed by atoms with E-state index in [0.717, 1.165) is 57.8 Å². The number of nitrogens with zero attached hydrogens (tertiary/aromatic N) is 1. The zero-order valence-electron chi connectivity index (χ0n) is 44.9. The van der Waals surface area contributed by atoms with Gasteiger partial charge in [-0.25, -0.2) is 0 Å². The van der Waals surface area contributed by atoms with E-state index >= 15 is 0 Å². The van der Waals surface area contributed by atoms with Crippen LogP contribution in [0.5, 0.6) is 0 Å². The SMILES string of the molecule is CC/C=C\C/C=C\C/C=C\C/C=C\CCCCCCCCCCCCCCCOCC(COP(=O)([O-])OCC[N+](C)(C)C)OC(=O)CCCCCCCCCCCCCCCCCCCCC. The Morgan fingerprint density at radius 1 is 0.478 bits per heavy atom. The summed E-state index contributed by atoms with van der Waals surface area (Å²) < 4.78 is 34.9. The number of carbonyl (C=O) groups is 1. The summed E-state index contributed by atoms with van der Waals surface area (Å²) >= 11 is 0. The number of ether oxygens (including phenoxy) is 2. The molecule has 0 rings (SSSR count). The van der Waals surface area contributed by atoms with Crippen LogP contribution in [0.3, 0.4) is 0 Å². The molecular weight excluding hydrogens is 854 g/mol. The predicted octanol–water partition coefficient (Wildman–Crippen LogP) is 17.2. The van der Waals surface area contributed by atoms with Gasteiger partial charge in [0, 0.05) is 13.0 Å². The van der Waals surface area contributed by atoms with Crippen LogP contribution < -0.4 is 4.89 Å². The molecule has 0 aliphatic rings. The van der Waals surface area contributed by atoms with E-state index in [4.69, 9.17) is 18.5 Å². The number of esters is 1. The molecule has 0 aliphatic carbocycles. The van der Waals surface area contributed by atoms with Crippen molar-refractivity contribution in [3.63, 3.8) is 0 Å². The van der Waals surface area contributed by atoms with Crippen LogP contribution >= 0.6 is 7.82 Å². The molecule has 0 saturated carbocycles. The van der Waals surface area contributed by atoms with Gasteiger partial charge in [0.2, 0.25) is 0 Å². The van der Waals surface area contributed by atoms with Gasteiger partial charge in [-0.15, -0.1) is 0 Å². The van der Waals surface area contributed by atoms with Gasteiger partial charge in [0.15, 0.2) is 0 Å². The molecule has 67 heavy (non-hydrogen) atoms. The highest BCUT2D eigenvalue weighted by Crippen LogP contribution is 2.38. The summed E-state index contributed by atoms with van der Waals surface area (Å²) in [4.78, 5) is 25.2. The summed E-state index contributed by atoms with van der Waals surface area (Å²) in [6.07, 6.45) is 64.3. The molecule has 394 valence electrons. The van der Waals surface area contributed by atoms with Crippen LogP contribution in [0.4, 0.5) is 0 Å². The van der Waals surface area contributed by atoms with Gasteiger partial charge in [-0.3, -0.25) is 9.36 Å². The van der Waals surface area contributed by atoms with Crippen molar-refractivity contribution in [2.45, 2.75) is 264 Å². The summed E-state index contributed by atoms with van der Waals surface area (Å²) in [6.45, 7) is 5.35. The lowest BCUT2D eigenvalue weighted by Crippen LogP contribution is -2.37. The summed E-state index contributed by atoms with van der Waals surface area (Å²) in [7, 11) is 1.37. The molecule has 0 heterocycles. The number of allylic oxidation sites excluding steroid dienone is 8. The van der Waals surface area contributed by atoms with Gasteiger partial charge in [-0.2, -0.15) is 0 Å². The van der Waals surface area contributed by atoms with Crippen molar-refractivity contribution in [2.24, 2.45) is 0 Å². The molecule has 0 amide bonds. The molecule has 0 N–H and O–H groups in total. The van der Waals surface area contributed by atoms with E-state index in [-0.39, 0.29) is 25.8 Å². The average Bonchev–Trinajstić information content (AvgIpc) is 3.29. The lowest BCUT2D eigenvalue weighted by Gasteiger charge is -2.28. The first-order chi connectivity index (χ1) is 32.6. The second kappa shape index (κ2) is 50.8. The van der Waals surface area contributed by atoms with Gasteiger partial charge < -0.3 is 27.9 Å². The Hall–Kier alpha value is -1.54. The molecule has 0 aromatic carbocycles. The molecule has 0 aliphatic heterocycles. The minimum absolute atomic E-state index is 0.0270. The molecule has 0 spiro atoms. The van der Waals surface area contributed by atoms with Crippen molar-refractivity contribution >= 4 is 13.8 Å². The van der Waals surface area contributed by atoms with Crippen LogP contribution in [0.2, 0.25) is 0 Å². The smallest absolute Gasteiger partial charge is 0.306 e. The molecule has 0 radical (unpaired) electrons. The number of carbonyl (C=O) groups excluding carboxylic acids is 1. The van der Waals surface area contributed by atoms with E-state index in [2.05, 4.69) is 62.5 Å². The molecule has 2 atom stereocenters. The lowest BCUT2D eigenvalue weighted by molar-refractivity contribution is -0.870. The van der Waals surface area contributed by atoms with E-state index in [9.17, 15) is 14.3 Å². The molecular formula is C58H110NO7P. The standard InChI is InChI=1S/C58H110NO7P/c1-6-8-10-12-14-16-18-20-22-24-26-27-28-29-30-31-32-34-36-38-40-42-44-46-48-50-53-63-55-57(56-65-67(61,62)64-54-52-59(3,4)5)66-58(60)51-49-47-45-43-41-39-37-35-33-25-23-21-19-17-15-13-11-9-7-2/h8,10,14,16,20,22,26-27,57H,6-7,9,11-13,15,17-19,21,23-25,28-56H2,1-5H3/b10-8-,16-14-,22-20-,27-26-. The predicted molar refractivity (Wildman–Crippen MR) is 286 cm³/mol. The van der Waals surface area contributed by atoms with E-state index in [1.165, 1.54) is 180 Å². The van der Waals surface area contributed by atoms with Gasteiger partial charge in [0.25, 0.3) is 7.82 Å². The summed E-state index contributed by atoms with van der Waals surface area (Å²) in [5, 5.41) is 0. The number of hydrogen-bond donors (Lipinski definition) is 0. The van der Waals surface area contributed by atoms with Gasteiger partial charge in [0.05, 0.1) is 34.4 Å². The first-order valence-corrected chi connectivity index (χ1v) is 29.8. The van der Waals surface area contributed by atoms with Crippen LogP contribution in [0.15, 0.2) is 48.6 Å². The van der Waals surface area contributed by atoms with Crippen molar-refractivity contribution in [3.8, 4) is 0 Å². The fraction of sp³-hybridized carbons (Fsp3) is 0.845. The first kappa shape index (κ1) is 65.5. The quantitative estimate of drug-likeness (QED) is 0.0197. The number of hydrogen-bond acceptors (Lipinski definition) is 7. The van der Waals surface area contributed by atoms with Gasteiger partial charge in [-0.05, 0) is 51.4 Å². The number of rotatable bonds is 53. The van der Waals surface area contributed by atoms with Crippen molar-refractivity contribution in [1.29, 1.82) is 0 Å². The number of unbranched alkanes of at least 4 members (excludes halogenated alkanes) is 31. The topological polar surface area (TPSA) is 94.1 Å². The number of phosphoric acid groups is 1. The Balaban J connectivity index is 4.04.